The van der Waals surface area contributed by atoms with E-state index in [1.165, 1.54) is 35.5 Å². The fourth-order valence-corrected chi connectivity index (χ4v) is 6.33. The number of aryl methyl sites for hydroxylation is 1. The summed E-state index contributed by atoms with van der Waals surface area (Å²) in [6.45, 7) is -0.130. The van der Waals surface area contributed by atoms with Crippen LogP contribution in [0.5, 0.6) is 0 Å². The molecule has 0 saturated carbocycles. The van der Waals surface area contributed by atoms with E-state index in [0.29, 0.717) is 0 Å². The maximum atomic E-state index is 12.7. The number of carbonyl (C=O) groups is 4. The van der Waals surface area contributed by atoms with Crippen LogP contribution in [-0.4, -0.2) is 96.0 Å². The number of Topliss-reactive ketones (excluding diaryl/α,β-unsaturated/α-hetero) is 1. The summed E-state index contributed by atoms with van der Waals surface area (Å²) in [6.07, 6.45) is 0. The number of amides is 2. The van der Waals surface area contributed by atoms with Gasteiger partial charge in [0, 0.05) is 25.1 Å². The Balaban J connectivity index is 1.71. The van der Waals surface area contributed by atoms with Crippen molar-refractivity contribution in [3.8, 4) is 0 Å². The van der Waals surface area contributed by atoms with E-state index in [4.69, 9.17) is 0 Å². The number of carboxylic acid groups (broad SMARTS) is 1. The molecule has 2 fully saturated rings. The lowest BCUT2D eigenvalue weighted by Crippen LogP contribution is -2.74. The first-order chi connectivity index (χ1) is 16.0. The SMILES string of the molecule is CON=C(C(=O)CBr)C(=O)NC1C(=O)N2CC(CSc3nc(=O)c(=O)[nH]n3C)(C(=O)O)CS[C@H]12. The van der Waals surface area contributed by atoms with Crippen LogP contribution in [0.25, 0.3) is 0 Å². The zero-order valence-electron chi connectivity index (χ0n) is 17.8. The number of ketones is 1. The quantitative estimate of drug-likeness (QED) is 0.0557. The zero-order chi connectivity index (χ0) is 25.2. The van der Waals surface area contributed by atoms with E-state index in [0.717, 1.165) is 11.8 Å². The molecule has 0 spiro atoms. The maximum absolute atomic E-state index is 12.7. The number of halogens is 1. The smallest absolute Gasteiger partial charge is 0.339 e. The highest BCUT2D eigenvalue weighted by molar-refractivity contribution is 9.09. The lowest BCUT2D eigenvalue weighted by atomic mass is 9.89. The summed E-state index contributed by atoms with van der Waals surface area (Å²) in [5, 5.41) is 17.5. The van der Waals surface area contributed by atoms with E-state index in [-0.39, 0.29) is 28.5 Å². The summed E-state index contributed by atoms with van der Waals surface area (Å²) in [7, 11) is 2.63. The zero-order valence-corrected chi connectivity index (χ0v) is 21.0. The minimum absolute atomic E-state index is 0.0282. The average molecular weight is 579 g/mol. The summed E-state index contributed by atoms with van der Waals surface area (Å²) in [5.74, 6) is -3.07. The van der Waals surface area contributed by atoms with Crippen LogP contribution in [-0.2, 0) is 31.1 Å². The number of oxime groups is 1. The van der Waals surface area contributed by atoms with Crippen molar-refractivity contribution in [1.82, 2.24) is 25.0 Å². The Bertz CT molecular complexity index is 1190. The molecule has 1 aromatic rings. The molecule has 2 aliphatic heterocycles. The van der Waals surface area contributed by atoms with Gasteiger partial charge >= 0.3 is 17.1 Å². The van der Waals surface area contributed by atoms with E-state index in [1.807, 2.05) is 0 Å². The summed E-state index contributed by atoms with van der Waals surface area (Å²) >= 11 is 5.08. The molecule has 3 heterocycles. The van der Waals surface area contributed by atoms with Gasteiger partial charge in [-0.05, 0) is 0 Å². The van der Waals surface area contributed by atoms with E-state index in [9.17, 15) is 33.9 Å². The van der Waals surface area contributed by atoms with Gasteiger partial charge in [0.25, 0.3) is 5.91 Å². The Morgan fingerprint density at radius 2 is 2.12 bits per heavy atom. The molecule has 14 nitrogen and oxygen atoms in total. The van der Waals surface area contributed by atoms with Crippen LogP contribution < -0.4 is 16.4 Å². The number of aromatic amines is 1. The molecule has 1 aromatic heterocycles. The van der Waals surface area contributed by atoms with Gasteiger partial charge in [0.15, 0.2) is 5.16 Å². The number of β-lactam (4-membered cyclic amide) rings is 1. The van der Waals surface area contributed by atoms with Gasteiger partial charge in [-0.1, -0.05) is 32.8 Å². The van der Waals surface area contributed by atoms with Gasteiger partial charge in [0.05, 0.1) is 5.33 Å². The highest BCUT2D eigenvalue weighted by Gasteiger charge is 2.57. The predicted octanol–water partition coefficient (Wildman–Crippen LogP) is -2.00. The third-order valence-corrected chi connectivity index (χ3v) is 8.51. The van der Waals surface area contributed by atoms with Crippen molar-refractivity contribution in [3.63, 3.8) is 0 Å². The van der Waals surface area contributed by atoms with Crippen molar-refractivity contribution in [2.24, 2.45) is 17.6 Å². The highest BCUT2D eigenvalue weighted by Crippen LogP contribution is 2.44. The molecule has 0 aliphatic carbocycles. The number of nitrogens with zero attached hydrogens (tertiary/aromatic N) is 4. The number of hydrogen-bond acceptors (Lipinski definition) is 11. The minimum atomic E-state index is -1.36. The van der Waals surface area contributed by atoms with Crippen LogP contribution in [0.3, 0.4) is 0 Å². The minimum Gasteiger partial charge on any atom is -0.481 e. The predicted molar refractivity (Wildman–Crippen MR) is 124 cm³/mol. The number of aromatic nitrogens is 3. The number of nitrogens with one attached hydrogen (secondary N) is 2. The Labute approximate surface area is 208 Å². The van der Waals surface area contributed by atoms with Gasteiger partial charge in [-0.2, -0.15) is 4.98 Å². The second kappa shape index (κ2) is 10.3. The van der Waals surface area contributed by atoms with E-state index in [2.05, 4.69) is 41.3 Å². The highest BCUT2D eigenvalue weighted by atomic mass is 79.9. The topological polar surface area (TPSA) is 193 Å². The number of hydrogen-bond donors (Lipinski definition) is 3. The number of aliphatic carboxylic acids is 1. The van der Waals surface area contributed by atoms with Crippen molar-refractivity contribution >= 4 is 68.7 Å². The molecule has 3 N–H and O–H groups in total. The number of carbonyl (C=O) groups excluding carboxylic acids is 3. The number of fused-ring (bicyclic) bond motifs is 1. The van der Waals surface area contributed by atoms with Gasteiger partial charge in [-0.3, -0.25) is 38.5 Å². The number of H-pyrrole nitrogens is 1. The second-order valence-corrected chi connectivity index (χ2v) is 9.98. The van der Waals surface area contributed by atoms with Gasteiger partial charge in [-0.25, -0.2) is 0 Å². The molecule has 0 aromatic carbocycles. The number of alkyl halides is 1. The standard InChI is InChI=1S/C17H19BrN6O8S2/c1-23-16(20-11(27)12(28)21-23)34-6-17(15(30)31)4-24-13(29)9(14(24)33-5-17)19-10(26)8(22-32-2)7(25)3-18/h9,14H,3-6H2,1-2H3,(H,19,26)(H,21,28)(H,30,31)/t9?,14-,17?/m1/s1. The van der Waals surface area contributed by atoms with Gasteiger partial charge in [0.2, 0.25) is 17.4 Å². The lowest BCUT2D eigenvalue weighted by molar-refractivity contribution is -0.157. The lowest BCUT2D eigenvalue weighted by Gasteiger charge is -2.53. The number of rotatable bonds is 9. The molecule has 3 rings (SSSR count). The van der Waals surface area contributed by atoms with Gasteiger partial charge < -0.3 is 20.2 Å². The number of thioether (sulfide) groups is 2. The normalized spacial score (nSPS) is 24.1. The second-order valence-electron chi connectivity index (χ2n) is 7.37. The Morgan fingerprint density at radius 3 is 2.74 bits per heavy atom. The van der Waals surface area contributed by atoms with Gasteiger partial charge in [-0.15, -0.1) is 11.8 Å². The molecular weight excluding hydrogens is 560 g/mol. The van der Waals surface area contributed by atoms with Crippen molar-refractivity contribution in [3.05, 3.63) is 20.7 Å². The Hall–Kier alpha value is -2.66. The number of carboxylic acids is 1. The largest absolute Gasteiger partial charge is 0.481 e. The van der Waals surface area contributed by atoms with Gasteiger partial charge in [0.1, 0.15) is 23.9 Å². The van der Waals surface area contributed by atoms with E-state index < -0.39 is 57.2 Å². The average Bonchev–Trinajstić information content (AvgIpc) is 2.81. The molecule has 2 amide bonds. The maximum Gasteiger partial charge on any atom is 0.339 e. The molecule has 2 saturated heterocycles. The van der Waals surface area contributed by atoms with Crippen LogP contribution in [0, 0.1) is 5.41 Å². The van der Waals surface area contributed by atoms with Crippen LogP contribution in [0.2, 0.25) is 0 Å². The fourth-order valence-electron chi connectivity index (χ4n) is 3.28. The van der Waals surface area contributed by atoms with Crippen molar-refractivity contribution in [1.29, 1.82) is 0 Å². The van der Waals surface area contributed by atoms with Crippen molar-refractivity contribution in [2.45, 2.75) is 16.6 Å². The molecule has 0 radical (unpaired) electrons. The fraction of sp³-hybridized carbons (Fsp3) is 0.529. The molecule has 2 unspecified atom stereocenters. The molecule has 17 heteroatoms. The molecular formula is C17H19BrN6O8S2. The van der Waals surface area contributed by atoms with Crippen LogP contribution in [0.15, 0.2) is 19.9 Å². The Morgan fingerprint density at radius 1 is 1.41 bits per heavy atom. The van der Waals surface area contributed by atoms with Crippen LogP contribution >= 0.6 is 39.5 Å². The molecule has 3 atom stereocenters. The van der Waals surface area contributed by atoms with Crippen molar-refractivity contribution in [2.75, 3.05) is 30.5 Å². The molecule has 184 valence electrons. The summed E-state index contributed by atoms with van der Waals surface area (Å²) in [5.41, 5.74) is -3.75. The first-order valence-electron chi connectivity index (χ1n) is 9.51. The third-order valence-electron chi connectivity index (χ3n) is 5.09. The third kappa shape index (κ3) is 4.90. The van der Waals surface area contributed by atoms with E-state index >= 15 is 0 Å². The molecule has 0 bridgehead atoms. The summed E-state index contributed by atoms with van der Waals surface area (Å²) in [6, 6.07) is -0.955. The summed E-state index contributed by atoms with van der Waals surface area (Å²) < 4.78 is 1.22. The Kier molecular flexibility index (Phi) is 7.87. The monoisotopic (exact) mass is 578 g/mol. The molecule has 2 aliphatic rings. The first kappa shape index (κ1) is 26.0. The van der Waals surface area contributed by atoms with E-state index in [1.54, 1.807) is 0 Å². The molecule has 34 heavy (non-hydrogen) atoms. The van der Waals surface area contributed by atoms with Crippen LogP contribution in [0.1, 0.15) is 0 Å². The first-order valence-corrected chi connectivity index (χ1v) is 12.7. The summed E-state index contributed by atoms with van der Waals surface area (Å²) in [4.78, 5) is 81.6. The van der Waals surface area contributed by atoms with Crippen molar-refractivity contribution < 1.29 is 29.1 Å². The van der Waals surface area contributed by atoms with Crippen LogP contribution in [0.4, 0.5) is 0 Å².